The molecule has 1 N–H and O–H groups in total. The first-order chi connectivity index (χ1) is 9.70. The second-order valence-corrected chi connectivity index (χ2v) is 5.45. The van der Waals surface area contributed by atoms with E-state index in [2.05, 4.69) is 18.3 Å². The molecule has 0 aromatic heterocycles. The van der Waals surface area contributed by atoms with Gasteiger partial charge in [-0.3, -0.25) is 0 Å². The Kier molecular flexibility index (Phi) is 5.41. The number of nitrogens with zero attached hydrogens (tertiary/aromatic N) is 1. The van der Waals surface area contributed by atoms with Crippen molar-refractivity contribution in [2.75, 3.05) is 13.7 Å². The van der Waals surface area contributed by atoms with Gasteiger partial charge in [-0.1, -0.05) is 24.3 Å². The zero-order chi connectivity index (χ0) is 14.4. The Morgan fingerprint density at radius 1 is 1.40 bits per heavy atom. The van der Waals surface area contributed by atoms with Crippen LogP contribution in [0.25, 0.3) is 0 Å². The predicted molar refractivity (Wildman–Crippen MR) is 79.4 cm³/mol. The molecule has 0 saturated carbocycles. The van der Waals surface area contributed by atoms with Crippen LogP contribution in [-0.2, 0) is 17.9 Å². The minimum atomic E-state index is 0.0503. The maximum absolute atomic E-state index is 12.2. The molecule has 2 rings (SSSR count). The van der Waals surface area contributed by atoms with E-state index in [-0.39, 0.29) is 6.03 Å². The molecule has 1 aromatic rings. The highest BCUT2D eigenvalue weighted by atomic mass is 16.5. The quantitative estimate of drug-likeness (QED) is 0.918. The monoisotopic (exact) mass is 276 g/mol. The molecule has 4 heteroatoms. The number of benzene rings is 1. The first-order valence-corrected chi connectivity index (χ1v) is 7.32. The highest BCUT2D eigenvalue weighted by Gasteiger charge is 2.22. The Bertz CT molecular complexity index is 448. The number of rotatable bonds is 4. The van der Waals surface area contributed by atoms with Crippen molar-refractivity contribution < 1.29 is 9.53 Å². The van der Waals surface area contributed by atoms with Crippen LogP contribution >= 0.6 is 0 Å². The molecule has 1 fully saturated rings. The van der Waals surface area contributed by atoms with Crippen molar-refractivity contribution in [3.05, 3.63) is 35.4 Å². The zero-order valence-electron chi connectivity index (χ0n) is 12.4. The minimum Gasteiger partial charge on any atom is -0.380 e. The van der Waals surface area contributed by atoms with E-state index in [1.165, 1.54) is 6.42 Å². The van der Waals surface area contributed by atoms with Crippen molar-refractivity contribution >= 4 is 6.03 Å². The van der Waals surface area contributed by atoms with Crippen molar-refractivity contribution in [1.29, 1.82) is 0 Å². The van der Waals surface area contributed by atoms with E-state index >= 15 is 0 Å². The second-order valence-electron chi connectivity index (χ2n) is 5.45. The van der Waals surface area contributed by atoms with Crippen molar-refractivity contribution in [3.63, 3.8) is 0 Å². The summed E-state index contributed by atoms with van der Waals surface area (Å²) in [7, 11) is 1.69. The summed E-state index contributed by atoms with van der Waals surface area (Å²) in [5.41, 5.74) is 2.24. The third kappa shape index (κ3) is 3.97. The van der Waals surface area contributed by atoms with E-state index in [0.717, 1.165) is 30.5 Å². The van der Waals surface area contributed by atoms with Crippen molar-refractivity contribution in [2.45, 2.75) is 45.4 Å². The lowest BCUT2D eigenvalue weighted by Crippen LogP contribution is -2.47. The lowest BCUT2D eigenvalue weighted by atomic mass is 10.0. The van der Waals surface area contributed by atoms with Gasteiger partial charge in [0, 0.05) is 26.2 Å². The van der Waals surface area contributed by atoms with E-state index in [4.69, 9.17) is 4.74 Å². The molecule has 110 valence electrons. The van der Waals surface area contributed by atoms with Gasteiger partial charge in [0.2, 0.25) is 0 Å². The molecule has 4 nitrogen and oxygen atoms in total. The second kappa shape index (κ2) is 7.29. The molecule has 20 heavy (non-hydrogen) atoms. The number of hydrogen-bond donors (Lipinski definition) is 1. The van der Waals surface area contributed by atoms with E-state index in [0.29, 0.717) is 19.2 Å². The molecule has 0 aliphatic carbocycles. The fourth-order valence-corrected chi connectivity index (χ4v) is 2.68. The molecule has 1 aliphatic rings. The molecule has 0 spiro atoms. The van der Waals surface area contributed by atoms with Gasteiger partial charge in [0.1, 0.15) is 0 Å². The maximum atomic E-state index is 12.2. The molecule has 1 atom stereocenters. The predicted octanol–water partition coefficient (Wildman–Crippen LogP) is 2.92. The number of amides is 2. The van der Waals surface area contributed by atoms with E-state index < -0.39 is 0 Å². The number of hydrogen-bond acceptors (Lipinski definition) is 2. The Morgan fingerprint density at radius 3 is 2.95 bits per heavy atom. The molecule has 0 radical (unpaired) electrons. The Hall–Kier alpha value is -1.55. The summed E-state index contributed by atoms with van der Waals surface area (Å²) in [6.45, 7) is 4.17. The summed E-state index contributed by atoms with van der Waals surface area (Å²) in [6.07, 6.45) is 3.45. The van der Waals surface area contributed by atoms with Crippen LogP contribution in [0.1, 0.15) is 37.3 Å². The maximum Gasteiger partial charge on any atom is 0.317 e. The van der Waals surface area contributed by atoms with Crippen LogP contribution in [-0.4, -0.2) is 30.6 Å². The molecule has 0 bridgehead atoms. The molecule has 1 heterocycles. The molecule has 1 saturated heterocycles. The average Bonchev–Trinajstić information content (AvgIpc) is 2.46. The number of ether oxygens (including phenoxy) is 1. The molecule has 2 amide bonds. The lowest BCUT2D eigenvalue weighted by Gasteiger charge is -2.33. The van der Waals surface area contributed by atoms with Crippen LogP contribution in [0.4, 0.5) is 4.79 Å². The van der Waals surface area contributed by atoms with E-state index in [1.54, 1.807) is 7.11 Å². The van der Waals surface area contributed by atoms with Gasteiger partial charge in [-0.25, -0.2) is 4.79 Å². The van der Waals surface area contributed by atoms with Gasteiger partial charge in [-0.2, -0.15) is 0 Å². The van der Waals surface area contributed by atoms with Gasteiger partial charge in [0.25, 0.3) is 0 Å². The summed E-state index contributed by atoms with van der Waals surface area (Å²) >= 11 is 0. The van der Waals surface area contributed by atoms with E-state index in [1.807, 2.05) is 23.1 Å². The number of carbonyl (C=O) groups is 1. The number of carbonyl (C=O) groups excluding carboxylic acids is 1. The summed E-state index contributed by atoms with van der Waals surface area (Å²) < 4.78 is 5.12. The number of likely N-dealkylation sites (tertiary alicyclic amines) is 1. The first kappa shape index (κ1) is 14.9. The molecular formula is C16H24N2O2. The summed E-state index contributed by atoms with van der Waals surface area (Å²) in [5, 5.41) is 3.01. The van der Waals surface area contributed by atoms with Crippen molar-refractivity contribution in [3.8, 4) is 0 Å². The SMILES string of the molecule is COCc1cccc(CNC(=O)N2CCCCC2C)c1. The highest BCUT2D eigenvalue weighted by molar-refractivity contribution is 5.74. The summed E-state index contributed by atoms with van der Waals surface area (Å²) in [4.78, 5) is 14.1. The normalized spacial score (nSPS) is 18.9. The van der Waals surface area contributed by atoms with Crippen LogP contribution in [0, 0.1) is 0 Å². The van der Waals surface area contributed by atoms with Gasteiger partial charge in [0.15, 0.2) is 0 Å². The lowest BCUT2D eigenvalue weighted by molar-refractivity contribution is 0.158. The number of urea groups is 1. The number of methoxy groups -OCH3 is 1. The van der Waals surface area contributed by atoms with E-state index in [9.17, 15) is 4.79 Å². The van der Waals surface area contributed by atoms with Crippen molar-refractivity contribution in [2.24, 2.45) is 0 Å². The van der Waals surface area contributed by atoms with Crippen LogP contribution in [0.15, 0.2) is 24.3 Å². The smallest absolute Gasteiger partial charge is 0.317 e. The largest absolute Gasteiger partial charge is 0.380 e. The average molecular weight is 276 g/mol. The summed E-state index contributed by atoms with van der Waals surface area (Å²) in [5.74, 6) is 0. The fraction of sp³-hybridized carbons (Fsp3) is 0.562. The van der Waals surface area contributed by atoms with Gasteiger partial charge >= 0.3 is 6.03 Å². The van der Waals surface area contributed by atoms with Crippen LogP contribution in [0.5, 0.6) is 0 Å². The molecule has 1 aliphatic heterocycles. The fourth-order valence-electron chi connectivity index (χ4n) is 2.68. The number of piperidine rings is 1. The summed E-state index contributed by atoms with van der Waals surface area (Å²) in [6, 6.07) is 8.53. The van der Waals surface area contributed by atoms with Gasteiger partial charge in [-0.05, 0) is 37.3 Å². The molecule has 1 unspecified atom stereocenters. The third-order valence-electron chi connectivity index (χ3n) is 3.81. The Balaban J connectivity index is 1.87. The van der Waals surface area contributed by atoms with Crippen LogP contribution in [0.2, 0.25) is 0 Å². The van der Waals surface area contributed by atoms with Gasteiger partial charge < -0.3 is 15.0 Å². The Morgan fingerprint density at radius 2 is 2.20 bits per heavy atom. The van der Waals surface area contributed by atoms with Gasteiger partial charge in [0.05, 0.1) is 6.61 Å². The number of nitrogens with one attached hydrogen (secondary N) is 1. The molecule has 1 aromatic carbocycles. The highest BCUT2D eigenvalue weighted by Crippen LogP contribution is 2.16. The standard InChI is InChI=1S/C16H24N2O2/c1-13-6-3-4-9-18(13)16(19)17-11-14-7-5-8-15(10-14)12-20-2/h5,7-8,10,13H,3-4,6,9,11-12H2,1-2H3,(H,17,19). The molecular weight excluding hydrogens is 252 g/mol. The van der Waals surface area contributed by atoms with Crippen LogP contribution < -0.4 is 5.32 Å². The third-order valence-corrected chi connectivity index (χ3v) is 3.81. The minimum absolute atomic E-state index is 0.0503. The zero-order valence-corrected chi connectivity index (χ0v) is 12.4. The Labute approximate surface area is 121 Å². The van der Waals surface area contributed by atoms with Crippen molar-refractivity contribution in [1.82, 2.24) is 10.2 Å². The van der Waals surface area contributed by atoms with Crippen LogP contribution in [0.3, 0.4) is 0 Å². The first-order valence-electron chi connectivity index (χ1n) is 7.32. The van der Waals surface area contributed by atoms with Gasteiger partial charge in [-0.15, -0.1) is 0 Å². The topological polar surface area (TPSA) is 41.6 Å².